The number of hydrogen-bond donors (Lipinski definition) is 1. The van der Waals surface area contributed by atoms with E-state index >= 15 is 0 Å². The Bertz CT molecular complexity index is 477. The van der Waals surface area contributed by atoms with E-state index in [-0.39, 0.29) is 17.9 Å². The lowest BCUT2D eigenvalue weighted by atomic mass is 10.1. The Hall–Kier alpha value is -2.11. The Morgan fingerprint density at radius 1 is 1.41 bits per heavy atom. The molecule has 1 amide bonds. The minimum absolute atomic E-state index is 0.175. The Balaban J connectivity index is 2.90. The number of nitrogens with one attached hydrogen (secondary N) is 1. The summed E-state index contributed by atoms with van der Waals surface area (Å²) < 4.78 is 9.56. The number of aryl methyl sites for hydroxylation is 2. The molecule has 17 heavy (non-hydrogen) atoms. The van der Waals surface area contributed by atoms with Crippen LogP contribution in [0.5, 0.6) is 0 Å². The summed E-state index contributed by atoms with van der Waals surface area (Å²) in [6.45, 7) is 2.72. The highest BCUT2D eigenvalue weighted by Gasteiger charge is 2.17. The Labute approximate surface area is 97.6 Å². The van der Waals surface area contributed by atoms with E-state index in [4.69, 9.17) is 9.15 Å². The minimum Gasteiger partial charge on any atom is -0.452 e. The predicted molar refractivity (Wildman–Crippen MR) is 58.8 cm³/mol. The van der Waals surface area contributed by atoms with E-state index in [1.165, 1.54) is 20.0 Å². The summed E-state index contributed by atoms with van der Waals surface area (Å²) in [4.78, 5) is 33.6. The normalized spacial score (nSPS) is 9.82. The minimum atomic E-state index is -0.688. The van der Waals surface area contributed by atoms with E-state index in [0.717, 1.165) is 0 Å². The number of ether oxygens (including phenoxy) is 1. The summed E-state index contributed by atoms with van der Waals surface area (Å²) >= 11 is 0. The molecule has 0 unspecified atom stereocenters. The van der Waals surface area contributed by atoms with Gasteiger partial charge in [-0.25, -0.2) is 9.59 Å². The molecule has 0 saturated heterocycles. The number of hydrogen-bond acceptors (Lipinski definition) is 5. The molecule has 0 radical (unpaired) electrons. The molecule has 0 aliphatic carbocycles. The lowest BCUT2D eigenvalue weighted by molar-refractivity contribution is -0.123. The van der Waals surface area contributed by atoms with E-state index in [1.807, 2.05) is 0 Å². The van der Waals surface area contributed by atoms with Gasteiger partial charge in [0.1, 0.15) is 11.3 Å². The molecule has 1 aromatic rings. The van der Waals surface area contributed by atoms with Crippen LogP contribution in [-0.2, 0) is 9.53 Å². The summed E-state index contributed by atoms with van der Waals surface area (Å²) in [5, 5.41) is 2.32. The quantitative estimate of drug-likeness (QED) is 0.759. The largest absolute Gasteiger partial charge is 0.452 e. The molecule has 6 heteroatoms. The summed E-state index contributed by atoms with van der Waals surface area (Å²) in [6, 6.07) is 1.20. The third kappa shape index (κ3) is 3.17. The van der Waals surface area contributed by atoms with Crippen molar-refractivity contribution in [3.8, 4) is 0 Å². The first-order chi connectivity index (χ1) is 7.95. The van der Waals surface area contributed by atoms with E-state index in [0.29, 0.717) is 5.56 Å². The van der Waals surface area contributed by atoms with Gasteiger partial charge >= 0.3 is 11.6 Å². The van der Waals surface area contributed by atoms with Gasteiger partial charge in [0.25, 0.3) is 5.91 Å². The molecule has 0 bridgehead atoms. The zero-order valence-corrected chi connectivity index (χ0v) is 9.83. The van der Waals surface area contributed by atoms with Crippen LogP contribution in [0.3, 0.4) is 0 Å². The number of carbonyl (C=O) groups is 2. The SMILES string of the molecule is CNC(=O)COC(=O)c1c(C)cc(=O)oc1C. The van der Waals surface area contributed by atoms with Crippen LogP contribution in [0.25, 0.3) is 0 Å². The van der Waals surface area contributed by atoms with Gasteiger partial charge in [-0.15, -0.1) is 0 Å². The van der Waals surface area contributed by atoms with Crippen LogP contribution < -0.4 is 10.9 Å². The maximum atomic E-state index is 11.7. The number of carbonyl (C=O) groups excluding carboxylic acids is 2. The van der Waals surface area contributed by atoms with Crippen molar-refractivity contribution in [2.24, 2.45) is 0 Å². The second-order valence-electron chi connectivity index (χ2n) is 3.43. The third-order valence-corrected chi connectivity index (χ3v) is 2.15. The van der Waals surface area contributed by atoms with Crippen molar-refractivity contribution >= 4 is 11.9 Å². The summed E-state index contributed by atoms with van der Waals surface area (Å²) in [5.74, 6) is -0.921. The van der Waals surface area contributed by atoms with Gasteiger partial charge in [-0.3, -0.25) is 4.79 Å². The second kappa shape index (κ2) is 5.29. The van der Waals surface area contributed by atoms with Crippen LogP contribution >= 0.6 is 0 Å². The molecule has 0 aromatic carbocycles. The van der Waals surface area contributed by atoms with Crippen molar-refractivity contribution < 1.29 is 18.7 Å². The van der Waals surface area contributed by atoms with Crippen molar-refractivity contribution in [3.63, 3.8) is 0 Å². The van der Waals surface area contributed by atoms with Crippen LogP contribution in [0.4, 0.5) is 0 Å². The van der Waals surface area contributed by atoms with E-state index < -0.39 is 17.5 Å². The molecule has 0 fully saturated rings. The monoisotopic (exact) mass is 239 g/mol. The Morgan fingerprint density at radius 3 is 2.59 bits per heavy atom. The molecular formula is C11H13NO5. The molecule has 0 atom stereocenters. The molecule has 0 spiro atoms. The molecule has 0 saturated carbocycles. The van der Waals surface area contributed by atoms with E-state index in [2.05, 4.69) is 5.32 Å². The Kier molecular flexibility index (Phi) is 4.03. The van der Waals surface area contributed by atoms with Crippen LogP contribution in [0.1, 0.15) is 21.7 Å². The lowest BCUT2D eigenvalue weighted by Crippen LogP contribution is -2.25. The first kappa shape index (κ1) is 13.0. The molecule has 0 aliphatic heterocycles. The smallest absolute Gasteiger partial charge is 0.342 e. The van der Waals surface area contributed by atoms with Crippen molar-refractivity contribution in [1.29, 1.82) is 0 Å². The fraction of sp³-hybridized carbons (Fsp3) is 0.364. The van der Waals surface area contributed by atoms with Crippen LogP contribution in [0.2, 0.25) is 0 Å². The molecule has 6 nitrogen and oxygen atoms in total. The van der Waals surface area contributed by atoms with Gasteiger partial charge in [0.2, 0.25) is 0 Å². The van der Waals surface area contributed by atoms with Gasteiger partial charge in [0.05, 0.1) is 0 Å². The van der Waals surface area contributed by atoms with Crippen molar-refractivity contribution in [2.75, 3.05) is 13.7 Å². The molecule has 0 aliphatic rings. The highest BCUT2D eigenvalue weighted by molar-refractivity contribution is 5.93. The zero-order valence-electron chi connectivity index (χ0n) is 9.83. The van der Waals surface area contributed by atoms with Crippen LogP contribution in [0, 0.1) is 13.8 Å². The fourth-order valence-corrected chi connectivity index (χ4v) is 1.34. The first-order valence-electron chi connectivity index (χ1n) is 4.94. The highest BCUT2D eigenvalue weighted by atomic mass is 16.5. The first-order valence-corrected chi connectivity index (χ1v) is 4.94. The van der Waals surface area contributed by atoms with Crippen LogP contribution in [0.15, 0.2) is 15.3 Å². The number of likely N-dealkylation sites (N-methyl/N-ethyl adjacent to an activating group) is 1. The zero-order chi connectivity index (χ0) is 13.0. The topological polar surface area (TPSA) is 85.6 Å². The molecule has 1 aromatic heterocycles. The van der Waals surface area contributed by atoms with E-state index in [9.17, 15) is 14.4 Å². The molecule has 1 rings (SSSR count). The molecule has 1 N–H and O–H groups in total. The van der Waals surface area contributed by atoms with Gasteiger partial charge in [0.15, 0.2) is 6.61 Å². The number of amides is 1. The van der Waals surface area contributed by atoms with Gasteiger partial charge in [-0.05, 0) is 19.4 Å². The van der Waals surface area contributed by atoms with Crippen molar-refractivity contribution in [2.45, 2.75) is 13.8 Å². The van der Waals surface area contributed by atoms with Crippen LogP contribution in [-0.4, -0.2) is 25.5 Å². The maximum absolute atomic E-state index is 11.7. The molecule has 92 valence electrons. The lowest BCUT2D eigenvalue weighted by Gasteiger charge is -2.07. The average Bonchev–Trinajstić information content (AvgIpc) is 2.24. The summed E-state index contributed by atoms with van der Waals surface area (Å²) in [6.07, 6.45) is 0. The molecular weight excluding hydrogens is 226 g/mol. The highest BCUT2D eigenvalue weighted by Crippen LogP contribution is 2.12. The van der Waals surface area contributed by atoms with Gasteiger partial charge in [-0.2, -0.15) is 0 Å². The fourth-order valence-electron chi connectivity index (χ4n) is 1.34. The Morgan fingerprint density at radius 2 is 2.06 bits per heavy atom. The summed E-state index contributed by atoms with van der Waals surface area (Å²) in [7, 11) is 1.44. The van der Waals surface area contributed by atoms with E-state index in [1.54, 1.807) is 6.92 Å². The number of esters is 1. The second-order valence-corrected chi connectivity index (χ2v) is 3.43. The third-order valence-electron chi connectivity index (χ3n) is 2.15. The predicted octanol–water partition coefficient (Wildman–Crippen LogP) is 0.159. The van der Waals surface area contributed by atoms with Crippen molar-refractivity contribution in [1.82, 2.24) is 5.32 Å². The molecule has 1 heterocycles. The summed E-state index contributed by atoms with van der Waals surface area (Å²) in [5.41, 5.74) is 0.108. The van der Waals surface area contributed by atoms with Crippen molar-refractivity contribution in [3.05, 3.63) is 33.4 Å². The van der Waals surface area contributed by atoms with Gasteiger partial charge in [-0.1, -0.05) is 0 Å². The standard InChI is InChI=1S/C11H13NO5/c1-6-4-9(14)17-7(2)10(6)11(15)16-5-8(13)12-3/h4H,5H2,1-3H3,(H,12,13). The van der Waals surface area contributed by atoms with Gasteiger partial charge < -0.3 is 14.5 Å². The van der Waals surface area contributed by atoms with Gasteiger partial charge in [0, 0.05) is 13.1 Å². The number of rotatable bonds is 3. The average molecular weight is 239 g/mol. The maximum Gasteiger partial charge on any atom is 0.342 e.